The van der Waals surface area contributed by atoms with Crippen molar-refractivity contribution in [1.82, 2.24) is 10.3 Å². The molecule has 2 heterocycles. The van der Waals surface area contributed by atoms with Crippen molar-refractivity contribution in [2.45, 2.75) is 18.9 Å². The second-order valence-corrected chi connectivity index (χ2v) is 4.32. The average molecular weight is 257 g/mol. The third kappa shape index (κ3) is 1.91. The van der Waals surface area contributed by atoms with Gasteiger partial charge in [-0.05, 0) is 41.4 Å². The smallest absolute Gasteiger partial charge is 0.217 e. The molecule has 1 saturated heterocycles. The van der Waals surface area contributed by atoms with Crippen LogP contribution in [-0.2, 0) is 0 Å². The lowest BCUT2D eigenvalue weighted by atomic mass is 10.1. The number of hydrogen-bond acceptors (Lipinski definition) is 3. The second kappa shape index (κ2) is 4.28. The molecule has 1 aromatic rings. The lowest BCUT2D eigenvalue weighted by Crippen LogP contribution is -2.14. The molecule has 0 radical (unpaired) electrons. The fourth-order valence-electron chi connectivity index (χ4n) is 1.81. The van der Waals surface area contributed by atoms with E-state index in [1.54, 1.807) is 13.3 Å². The van der Waals surface area contributed by atoms with E-state index in [1.807, 2.05) is 0 Å². The van der Waals surface area contributed by atoms with Crippen LogP contribution in [0.4, 0.5) is 0 Å². The number of nitrogens with one attached hydrogen (secondary N) is 1. The summed E-state index contributed by atoms with van der Waals surface area (Å²) >= 11 is 3.43. The molecule has 1 aliphatic rings. The Kier molecular flexibility index (Phi) is 3.03. The molecule has 14 heavy (non-hydrogen) atoms. The molecule has 1 aliphatic heterocycles. The Morgan fingerprint density at radius 3 is 3.14 bits per heavy atom. The van der Waals surface area contributed by atoms with Gasteiger partial charge in [-0.2, -0.15) is 0 Å². The quantitative estimate of drug-likeness (QED) is 0.882. The predicted molar refractivity (Wildman–Crippen MR) is 58.5 cm³/mol. The van der Waals surface area contributed by atoms with Crippen LogP contribution in [0, 0.1) is 0 Å². The average Bonchev–Trinajstić information content (AvgIpc) is 2.70. The molecular formula is C10H13BrN2O. The summed E-state index contributed by atoms with van der Waals surface area (Å²) in [6, 6.07) is 2.48. The van der Waals surface area contributed by atoms with Crippen LogP contribution < -0.4 is 10.1 Å². The first kappa shape index (κ1) is 9.93. The van der Waals surface area contributed by atoms with Gasteiger partial charge in [0.15, 0.2) is 0 Å². The first-order chi connectivity index (χ1) is 6.81. The van der Waals surface area contributed by atoms with E-state index >= 15 is 0 Å². The fraction of sp³-hybridized carbons (Fsp3) is 0.500. The molecule has 1 unspecified atom stereocenters. The highest BCUT2D eigenvalue weighted by Crippen LogP contribution is 2.30. The van der Waals surface area contributed by atoms with E-state index < -0.39 is 0 Å². The van der Waals surface area contributed by atoms with Gasteiger partial charge in [-0.1, -0.05) is 0 Å². The van der Waals surface area contributed by atoms with Crippen molar-refractivity contribution < 1.29 is 4.74 Å². The largest absolute Gasteiger partial charge is 0.481 e. The van der Waals surface area contributed by atoms with Gasteiger partial charge in [0.1, 0.15) is 0 Å². The molecule has 0 spiro atoms. The van der Waals surface area contributed by atoms with Crippen LogP contribution in [0.3, 0.4) is 0 Å². The summed E-state index contributed by atoms with van der Waals surface area (Å²) in [6.07, 6.45) is 4.14. The Morgan fingerprint density at radius 2 is 2.50 bits per heavy atom. The van der Waals surface area contributed by atoms with E-state index in [2.05, 4.69) is 32.3 Å². The summed E-state index contributed by atoms with van der Waals surface area (Å²) in [5.74, 6) is 0.729. The van der Waals surface area contributed by atoms with Crippen LogP contribution >= 0.6 is 15.9 Å². The Labute approximate surface area is 92.0 Å². The number of aromatic nitrogens is 1. The Bertz CT molecular complexity index is 324. The lowest BCUT2D eigenvalue weighted by Gasteiger charge is -2.13. The molecule has 0 bridgehead atoms. The predicted octanol–water partition coefficient (Wildman–Crippen LogP) is 2.28. The first-order valence-corrected chi connectivity index (χ1v) is 5.53. The maximum atomic E-state index is 5.24. The topological polar surface area (TPSA) is 34.1 Å². The maximum Gasteiger partial charge on any atom is 0.217 e. The highest BCUT2D eigenvalue weighted by molar-refractivity contribution is 9.10. The van der Waals surface area contributed by atoms with Crippen LogP contribution in [0.25, 0.3) is 0 Å². The summed E-state index contributed by atoms with van der Waals surface area (Å²) in [5.41, 5.74) is 1.15. The van der Waals surface area contributed by atoms with Gasteiger partial charge < -0.3 is 10.1 Å². The van der Waals surface area contributed by atoms with Gasteiger partial charge in [-0.15, -0.1) is 0 Å². The Morgan fingerprint density at radius 1 is 1.64 bits per heavy atom. The number of rotatable bonds is 2. The fourth-order valence-corrected chi connectivity index (χ4v) is 2.16. The summed E-state index contributed by atoms with van der Waals surface area (Å²) in [5, 5.41) is 3.43. The van der Waals surface area contributed by atoms with E-state index in [0.717, 1.165) is 28.9 Å². The second-order valence-electron chi connectivity index (χ2n) is 3.40. The summed E-state index contributed by atoms with van der Waals surface area (Å²) in [7, 11) is 1.66. The Balaban J connectivity index is 2.33. The molecule has 1 N–H and O–H groups in total. The summed E-state index contributed by atoms with van der Waals surface area (Å²) in [4.78, 5) is 4.23. The van der Waals surface area contributed by atoms with Crippen molar-refractivity contribution in [3.8, 4) is 5.88 Å². The van der Waals surface area contributed by atoms with Crippen LogP contribution in [0.15, 0.2) is 16.7 Å². The number of methoxy groups -OCH3 is 1. The first-order valence-electron chi connectivity index (χ1n) is 4.74. The normalized spacial score (nSPS) is 21.1. The minimum Gasteiger partial charge on any atom is -0.481 e. The van der Waals surface area contributed by atoms with E-state index in [4.69, 9.17) is 4.74 Å². The standard InChI is InChI=1S/C10H13BrN2O/c1-14-10-8(5-7(11)6-13-10)9-3-2-4-12-9/h5-6,9,12H,2-4H2,1H3. The van der Waals surface area contributed by atoms with Crippen molar-refractivity contribution in [1.29, 1.82) is 0 Å². The van der Waals surface area contributed by atoms with Crippen LogP contribution in [0.1, 0.15) is 24.4 Å². The van der Waals surface area contributed by atoms with Gasteiger partial charge in [0, 0.05) is 22.3 Å². The van der Waals surface area contributed by atoms with E-state index in [-0.39, 0.29) is 0 Å². The zero-order valence-electron chi connectivity index (χ0n) is 8.09. The van der Waals surface area contributed by atoms with Crippen molar-refractivity contribution in [3.63, 3.8) is 0 Å². The van der Waals surface area contributed by atoms with E-state index in [9.17, 15) is 0 Å². The molecule has 2 rings (SSSR count). The third-order valence-corrected chi connectivity index (χ3v) is 2.91. The summed E-state index contributed by atoms with van der Waals surface area (Å²) in [6.45, 7) is 1.08. The van der Waals surface area contributed by atoms with Gasteiger partial charge >= 0.3 is 0 Å². The van der Waals surface area contributed by atoms with Crippen molar-refractivity contribution >= 4 is 15.9 Å². The summed E-state index contributed by atoms with van der Waals surface area (Å²) < 4.78 is 6.24. The van der Waals surface area contributed by atoms with E-state index in [1.165, 1.54) is 6.42 Å². The van der Waals surface area contributed by atoms with Crippen LogP contribution in [0.5, 0.6) is 5.88 Å². The van der Waals surface area contributed by atoms with E-state index in [0.29, 0.717) is 6.04 Å². The molecule has 1 aromatic heterocycles. The van der Waals surface area contributed by atoms with Crippen LogP contribution in [0.2, 0.25) is 0 Å². The lowest BCUT2D eigenvalue weighted by molar-refractivity contribution is 0.386. The van der Waals surface area contributed by atoms with Gasteiger partial charge in [-0.25, -0.2) is 4.98 Å². The minimum absolute atomic E-state index is 0.398. The Hall–Kier alpha value is -0.610. The van der Waals surface area contributed by atoms with Crippen molar-refractivity contribution in [2.24, 2.45) is 0 Å². The molecule has 3 nitrogen and oxygen atoms in total. The molecule has 76 valence electrons. The highest BCUT2D eigenvalue weighted by atomic mass is 79.9. The molecule has 0 aliphatic carbocycles. The molecule has 0 saturated carbocycles. The maximum absolute atomic E-state index is 5.24. The van der Waals surface area contributed by atoms with Gasteiger partial charge in [0.05, 0.1) is 7.11 Å². The van der Waals surface area contributed by atoms with Crippen LogP contribution in [-0.4, -0.2) is 18.6 Å². The zero-order valence-corrected chi connectivity index (χ0v) is 9.67. The number of ether oxygens (including phenoxy) is 1. The number of halogens is 1. The number of pyridine rings is 1. The molecule has 1 fully saturated rings. The monoisotopic (exact) mass is 256 g/mol. The number of nitrogens with zero attached hydrogens (tertiary/aromatic N) is 1. The SMILES string of the molecule is COc1ncc(Br)cc1C1CCCN1. The van der Waals surface area contributed by atoms with Gasteiger partial charge in [0.2, 0.25) is 5.88 Å². The molecule has 4 heteroatoms. The highest BCUT2D eigenvalue weighted by Gasteiger charge is 2.20. The van der Waals surface area contributed by atoms with Crippen molar-refractivity contribution in [2.75, 3.05) is 13.7 Å². The van der Waals surface area contributed by atoms with Crippen molar-refractivity contribution in [3.05, 3.63) is 22.3 Å². The molecule has 1 atom stereocenters. The van der Waals surface area contributed by atoms with Gasteiger partial charge in [0.25, 0.3) is 0 Å². The molecule has 0 aromatic carbocycles. The number of hydrogen-bond donors (Lipinski definition) is 1. The molecule has 0 amide bonds. The minimum atomic E-state index is 0.398. The van der Waals surface area contributed by atoms with Gasteiger partial charge in [-0.3, -0.25) is 0 Å². The zero-order chi connectivity index (χ0) is 9.97. The third-order valence-electron chi connectivity index (χ3n) is 2.47. The molecular weight excluding hydrogens is 244 g/mol.